The molecule has 0 spiro atoms. The van der Waals surface area contributed by atoms with E-state index in [1.165, 1.54) is 0 Å². The molecule has 2 atom stereocenters. The Kier molecular flexibility index (Phi) is 3.64. The van der Waals surface area contributed by atoms with Gasteiger partial charge in [-0.3, -0.25) is 4.90 Å². The van der Waals surface area contributed by atoms with Crippen molar-refractivity contribution in [1.82, 2.24) is 4.90 Å². The van der Waals surface area contributed by atoms with Crippen molar-refractivity contribution in [1.29, 1.82) is 0 Å². The quantitative estimate of drug-likeness (QED) is 0.752. The predicted molar refractivity (Wildman–Crippen MR) is 69.1 cm³/mol. The standard InChI is InChI=1S/C13H17NO2S/c1-10-8-14(13(11(10)2)17(15)16)9-12-6-4-3-5-7-12/h3-7,10-11H,8-9H2,1-2H3. The Labute approximate surface area is 104 Å². The Morgan fingerprint density at radius 1 is 1.24 bits per heavy atom. The number of likely N-dealkylation sites (tertiary alicyclic amines) is 1. The zero-order chi connectivity index (χ0) is 12.4. The fourth-order valence-electron chi connectivity index (χ4n) is 2.33. The summed E-state index contributed by atoms with van der Waals surface area (Å²) in [5, 5.41) is 0. The molecule has 1 heterocycles. The van der Waals surface area contributed by atoms with E-state index in [1.54, 1.807) is 0 Å². The fourth-order valence-corrected chi connectivity index (χ4v) is 3.22. The van der Waals surface area contributed by atoms with Gasteiger partial charge in [0.15, 0.2) is 0 Å². The number of benzene rings is 1. The topological polar surface area (TPSA) is 37.4 Å². The predicted octanol–water partition coefficient (Wildman–Crippen LogP) is 1.78. The van der Waals surface area contributed by atoms with Gasteiger partial charge in [0.25, 0.3) is 0 Å². The fraction of sp³-hybridized carbons (Fsp3) is 0.462. The van der Waals surface area contributed by atoms with Crippen LogP contribution in [0.15, 0.2) is 30.3 Å². The molecule has 1 aromatic carbocycles. The first kappa shape index (κ1) is 12.3. The molecule has 1 saturated heterocycles. The minimum absolute atomic E-state index is 0.122. The van der Waals surface area contributed by atoms with Gasteiger partial charge in [0.2, 0.25) is 10.3 Å². The highest BCUT2D eigenvalue weighted by Gasteiger charge is 2.33. The average molecular weight is 251 g/mol. The van der Waals surface area contributed by atoms with Crippen LogP contribution in [0.2, 0.25) is 0 Å². The summed E-state index contributed by atoms with van der Waals surface area (Å²) in [6, 6.07) is 9.98. The van der Waals surface area contributed by atoms with Gasteiger partial charge in [-0.15, -0.1) is 0 Å². The summed E-state index contributed by atoms with van der Waals surface area (Å²) < 4.78 is 22.6. The van der Waals surface area contributed by atoms with Gasteiger partial charge in [0, 0.05) is 19.0 Å². The molecule has 0 aromatic heterocycles. The van der Waals surface area contributed by atoms with Crippen LogP contribution in [-0.4, -0.2) is 24.9 Å². The van der Waals surface area contributed by atoms with Gasteiger partial charge in [0.1, 0.15) is 4.99 Å². The van der Waals surface area contributed by atoms with Crippen LogP contribution in [0.1, 0.15) is 19.4 Å². The lowest BCUT2D eigenvalue weighted by molar-refractivity contribution is 0.399. The van der Waals surface area contributed by atoms with Crippen molar-refractivity contribution < 1.29 is 8.42 Å². The maximum Gasteiger partial charge on any atom is 0.228 e. The first-order valence-corrected chi connectivity index (χ1v) is 6.92. The van der Waals surface area contributed by atoms with E-state index in [0.29, 0.717) is 17.5 Å². The summed E-state index contributed by atoms with van der Waals surface area (Å²) >= 11 is 0. The summed E-state index contributed by atoms with van der Waals surface area (Å²) in [6.07, 6.45) is 0. The Balaban J connectivity index is 2.25. The normalized spacial score (nSPS) is 25.2. The van der Waals surface area contributed by atoms with E-state index in [1.807, 2.05) is 42.2 Å². The molecular weight excluding hydrogens is 234 g/mol. The third kappa shape index (κ3) is 2.58. The van der Waals surface area contributed by atoms with Gasteiger partial charge in [-0.1, -0.05) is 44.2 Å². The maximum absolute atomic E-state index is 11.3. The Bertz CT molecular complexity index is 514. The lowest BCUT2D eigenvalue weighted by Crippen LogP contribution is -2.27. The molecule has 1 aromatic rings. The molecule has 0 bridgehead atoms. The van der Waals surface area contributed by atoms with E-state index < -0.39 is 10.3 Å². The van der Waals surface area contributed by atoms with Crippen molar-refractivity contribution in [2.24, 2.45) is 11.8 Å². The van der Waals surface area contributed by atoms with Crippen LogP contribution in [0.3, 0.4) is 0 Å². The number of nitrogens with zero attached hydrogens (tertiary/aromatic N) is 1. The number of rotatable bonds is 2. The summed E-state index contributed by atoms with van der Waals surface area (Å²) in [4.78, 5) is 2.54. The Morgan fingerprint density at radius 2 is 1.88 bits per heavy atom. The highest BCUT2D eigenvalue weighted by atomic mass is 32.2. The second-order valence-electron chi connectivity index (χ2n) is 4.71. The lowest BCUT2D eigenvalue weighted by atomic mass is 10.0. The Hall–Kier alpha value is -1.13. The van der Waals surface area contributed by atoms with E-state index in [-0.39, 0.29) is 5.92 Å². The smallest absolute Gasteiger partial charge is 0.228 e. The third-order valence-corrected chi connectivity index (χ3v) is 4.42. The molecule has 1 aliphatic heterocycles. The van der Waals surface area contributed by atoms with Gasteiger partial charge < -0.3 is 0 Å². The van der Waals surface area contributed by atoms with E-state index in [9.17, 15) is 8.42 Å². The number of hydrogen-bond donors (Lipinski definition) is 0. The minimum atomic E-state index is -2.10. The largest absolute Gasteiger partial charge is 0.261 e. The van der Waals surface area contributed by atoms with Crippen LogP contribution >= 0.6 is 0 Å². The van der Waals surface area contributed by atoms with Crippen molar-refractivity contribution >= 4 is 15.3 Å². The van der Waals surface area contributed by atoms with Crippen LogP contribution in [0.5, 0.6) is 0 Å². The van der Waals surface area contributed by atoms with Gasteiger partial charge in [-0.25, -0.2) is 0 Å². The first-order chi connectivity index (χ1) is 8.09. The summed E-state index contributed by atoms with van der Waals surface area (Å²) in [5.74, 6) is 0.517. The molecule has 4 heteroatoms. The third-order valence-electron chi connectivity index (χ3n) is 3.45. The van der Waals surface area contributed by atoms with Crippen LogP contribution in [-0.2, 0) is 16.8 Å². The van der Waals surface area contributed by atoms with Gasteiger partial charge in [-0.2, -0.15) is 8.42 Å². The second-order valence-corrected chi connectivity index (χ2v) is 5.59. The summed E-state index contributed by atoms with van der Waals surface area (Å²) in [5.41, 5.74) is 1.15. The molecule has 0 radical (unpaired) electrons. The number of hydrogen-bond acceptors (Lipinski definition) is 2. The SMILES string of the molecule is CC1CN(Cc2ccccc2)C(=S(=O)=O)C1C. The molecule has 1 fully saturated rings. The molecule has 0 amide bonds. The molecule has 2 unspecified atom stereocenters. The van der Waals surface area contributed by atoms with Crippen molar-refractivity contribution in [2.45, 2.75) is 20.4 Å². The maximum atomic E-state index is 11.3. The summed E-state index contributed by atoms with van der Waals surface area (Å²) in [7, 11) is -2.10. The molecular formula is C13H17NO2S. The Morgan fingerprint density at radius 3 is 2.47 bits per heavy atom. The zero-order valence-corrected chi connectivity index (χ0v) is 10.9. The molecule has 0 saturated carbocycles. The van der Waals surface area contributed by atoms with Crippen molar-refractivity contribution in [3.8, 4) is 0 Å². The molecule has 17 heavy (non-hydrogen) atoms. The first-order valence-electron chi connectivity index (χ1n) is 5.84. The van der Waals surface area contributed by atoms with Crippen molar-refractivity contribution in [3.05, 3.63) is 35.9 Å². The molecule has 92 valence electrons. The molecule has 2 rings (SSSR count). The average Bonchev–Trinajstić information content (AvgIpc) is 2.56. The van der Waals surface area contributed by atoms with Crippen molar-refractivity contribution in [3.63, 3.8) is 0 Å². The van der Waals surface area contributed by atoms with Crippen LogP contribution in [0.25, 0.3) is 0 Å². The lowest BCUT2D eigenvalue weighted by Gasteiger charge is -2.15. The van der Waals surface area contributed by atoms with E-state index in [0.717, 1.165) is 12.1 Å². The van der Waals surface area contributed by atoms with Gasteiger partial charge in [-0.05, 0) is 11.5 Å². The molecule has 0 aliphatic carbocycles. The van der Waals surface area contributed by atoms with Crippen LogP contribution in [0, 0.1) is 11.8 Å². The van der Waals surface area contributed by atoms with E-state index in [2.05, 4.69) is 6.92 Å². The van der Waals surface area contributed by atoms with Crippen LogP contribution < -0.4 is 0 Å². The van der Waals surface area contributed by atoms with Gasteiger partial charge in [0.05, 0.1) is 0 Å². The zero-order valence-electron chi connectivity index (χ0n) is 10.1. The van der Waals surface area contributed by atoms with Crippen LogP contribution in [0.4, 0.5) is 0 Å². The molecule has 0 N–H and O–H groups in total. The van der Waals surface area contributed by atoms with Crippen molar-refractivity contribution in [2.75, 3.05) is 6.54 Å². The second kappa shape index (κ2) is 5.02. The van der Waals surface area contributed by atoms with E-state index >= 15 is 0 Å². The highest BCUT2D eigenvalue weighted by molar-refractivity contribution is 7.72. The molecule has 1 aliphatic rings. The minimum Gasteiger partial charge on any atom is -0.261 e. The monoisotopic (exact) mass is 251 g/mol. The van der Waals surface area contributed by atoms with E-state index in [4.69, 9.17) is 0 Å². The highest BCUT2D eigenvalue weighted by Crippen LogP contribution is 2.25. The summed E-state index contributed by atoms with van der Waals surface area (Å²) in [6.45, 7) is 5.58. The van der Waals surface area contributed by atoms with Gasteiger partial charge >= 0.3 is 0 Å². The molecule has 3 nitrogen and oxygen atoms in total.